The lowest BCUT2D eigenvalue weighted by Gasteiger charge is -2.08. The summed E-state index contributed by atoms with van der Waals surface area (Å²) in [7, 11) is -2.07. The Bertz CT molecular complexity index is 682. The first-order valence-electron chi connectivity index (χ1n) is 5.99. The number of hydrogen-bond acceptors (Lipinski definition) is 4. The molecule has 106 valence electrons. The van der Waals surface area contributed by atoms with Gasteiger partial charge in [-0.15, -0.1) is 0 Å². The predicted molar refractivity (Wildman–Crippen MR) is 77.9 cm³/mol. The van der Waals surface area contributed by atoms with Crippen LogP contribution in [0.15, 0.2) is 53.4 Å². The van der Waals surface area contributed by atoms with E-state index in [1.807, 2.05) is 0 Å². The van der Waals surface area contributed by atoms with Crippen LogP contribution in [-0.4, -0.2) is 15.5 Å². The van der Waals surface area contributed by atoms with E-state index in [-0.39, 0.29) is 11.4 Å². The molecule has 0 radical (unpaired) electrons. The van der Waals surface area contributed by atoms with E-state index in [0.717, 1.165) is 5.56 Å². The van der Waals surface area contributed by atoms with Gasteiger partial charge in [-0.2, -0.15) is 0 Å². The van der Waals surface area contributed by atoms with Gasteiger partial charge in [-0.3, -0.25) is 0 Å². The third-order valence-electron chi connectivity index (χ3n) is 2.80. The third-order valence-corrected chi connectivity index (χ3v) is 4.20. The van der Waals surface area contributed by atoms with Gasteiger partial charge >= 0.3 is 0 Å². The Kier molecular flexibility index (Phi) is 4.26. The van der Waals surface area contributed by atoms with Crippen molar-refractivity contribution in [3.8, 4) is 5.75 Å². The van der Waals surface area contributed by atoms with Gasteiger partial charge in [-0.05, 0) is 29.8 Å². The van der Waals surface area contributed by atoms with Crippen LogP contribution in [0.2, 0.25) is 0 Å². The number of ether oxygens (including phenoxy) is 1. The number of sulfonamides is 1. The van der Waals surface area contributed by atoms with Crippen LogP contribution >= 0.6 is 0 Å². The fourth-order valence-electron chi connectivity index (χ4n) is 1.67. The van der Waals surface area contributed by atoms with Gasteiger partial charge in [0.25, 0.3) is 0 Å². The Balaban J connectivity index is 2.12. The highest BCUT2D eigenvalue weighted by Crippen LogP contribution is 2.17. The summed E-state index contributed by atoms with van der Waals surface area (Å²) in [6.07, 6.45) is 0. The second kappa shape index (κ2) is 5.94. The summed E-state index contributed by atoms with van der Waals surface area (Å²) in [5.41, 5.74) is 7.06. The molecule has 3 N–H and O–H groups in total. The standard InChI is InChI=1S/C14H16N2O3S/c1-19-13-3-2-4-14(9-13)20(17,18)16-10-11-5-7-12(15)8-6-11/h2-9,16H,10,15H2,1H3. The molecule has 2 aromatic carbocycles. The molecule has 0 aliphatic heterocycles. The molecule has 6 heteroatoms. The van der Waals surface area contributed by atoms with E-state index >= 15 is 0 Å². The summed E-state index contributed by atoms with van der Waals surface area (Å²) in [6.45, 7) is 0.208. The number of methoxy groups -OCH3 is 1. The maximum absolute atomic E-state index is 12.1. The first-order chi connectivity index (χ1) is 9.51. The number of nitrogens with two attached hydrogens (primary N) is 1. The molecule has 0 bridgehead atoms. The minimum atomic E-state index is -3.56. The van der Waals surface area contributed by atoms with Crippen molar-refractivity contribution in [1.29, 1.82) is 0 Å². The molecule has 2 aromatic rings. The Labute approximate surface area is 118 Å². The zero-order chi connectivity index (χ0) is 14.6. The van der Waals surface area contributed by atoms with Crippen molar-refractivity contribution < 1.29 is 13.2 Å². The summed E-state index contributed by atoms with van der Waals surface area (Å²) in [6, 6.07) is 13.4. The Hall–Kier alpha value is -2.05. The lowest BCUT2D eigenvalue weighted by molar-refractivity contribution is 0.413. The van der Waals surface area contributed by atoms with E-state index in [1.165, 1.54) is 19.2 Å². The van der Waals surface area contributed by atoms with Crippen LogP contribution in [0, 0.1) is 0 Å². The van der Waals surface area contributed by atoms with Gasteiger partial charge in [-0.25, -0.2) is 13.1 Å². The largest absolute Gasteiger partial charge is 0.497 e. The quantitative estimate of drug-likeness (QED) is 0.823. The van der Waals surface area contributed by atoms with Crippen LogP contribution in [0.25, 0.3) is 0 Å². The van der Waals surface area contributed by atoms with Gasteiger partial charge in [0.05, 0.1) is 12.0 Å². The molecular formula is C14H16N2O3S. The van der Waals surface area contributed by atoms with Crippen LogP contribution < -0.4 is 15.2 Å². The average Bonchev–Trinajstić information content (AvgIpc) is 2.47. The Morgan fingerprint density at radius 3 is 2.50 bits per heavy atom. The molecule has 0 spiro atoms. The minimum Gasteiger partial charge on any atom is -0.497 e. The molecule has 0 aliphatic rings. The molecule has 0 aliphatic carbocycles. The zero-order valence-electron chi connectivity index (χ0n) is 11.0. The highest BCUT2D eigenvalue weighted by molar-refractivity contribution is 7.89. The number of benzene rings is 2. The highest BCUT2D eigenvalue weighted by atomic mass is 32.2. The number of nitrogen functional groups attached to an aromatic ring is 1. The molecule has 0 amide bonds. The molecule has 0 unspecified atom stereocenters. The molecule has 0 heterocycles. The van der Waals surface area contributed by atoms with E-state index < -0.39 is 10.0 Å². The molecule has 0 saturated carbocycles. The summed E-state index contributed by atoms with van der Waals surface area (Å²) in [4.78, 5) is 0.173. The smallest absolute Gasteiger partial charge is 0.241 e. The van der Waals surface area contributed by atoms with Crippen molar-refractivity contribution in [2.45, 2.75) is 11.4 Å². The number of anilines is 1. The number of nitrogens with one attached hydrogen (secondary N) is 1. The van der Waals surface area contributed by atoms with Gasteiger partial charge in [0, 0.05) is 18.3 Å². The summed E-state index contributed by atoms with van der Waals surface area (Å²) >= 11 is 0. The molecular weight excluding hydrogens is 276 g/mol. The maximum Gasteiger partial charge on any atom is 0.241 e. The first-order valence-corrected chi connectivity index (χ1v) is 7.48. The van der Waals surface area contributed by atoms with Crippen LogP contribution in [0.5, 0.6) is 5.75 Å². The number of rotatable bonds is 5. The van der Waals surface area contributed by atoms with Crippen molar-refractivity contribution >= 4 is 15.7 Å². The molecule has 0 fully saturated rings. The van der Waals surface area contributed by atoms with Crippen LogP contribution in [0.4, 0.5) is 5.69 Å². The van der Waals surface area contributed by atoms with Gasteiger partial charge in [-0.1, -0.05) is 18.2 Å². The van der Waals surface area contributed by atoms with Crippen molar-refractivity contribution in [2.75, 3.05) is 12.8 Å². The monoisotopic (exact) mass is 292 g/mol. The van der Waals surface area contributed by atoms with Crippen LogP contribution in [0.3, 0.4) is 0 Å². The highest BCUT2D eigenvalue weighted by Gasteiger charge is 2.14. The topological polar surface area (TPSA) is 81.4 Å². The normalized spacial score (nSPS) is 11.2. The summed E-state index contributed by atoms with van der Waals surface area (Å²) < 4.78 is 31.9. The van der Waals surface area contributed by atoms with E-state index in [4.69, 9.17) is 10.5 Å². The maximum atomic E-state index is 12.1. The van der Waals surface area contributed by atoms with E-state index in [2.05, 4.69) is 4.72 Å². The van der Waals surface area contributed by atoms with Crippen molar-refractivity contribution in [2.24, 2.45) is 0 Å². The summed E-state index contributed by atoms with van der Waals surface area (Å²) in [5, 5.41) is 0. The second-order valence-electron chi connectivity index (χ2n) is 4.25. The average molecular weight is 292 g/mol. The number of hydrogen-bond donors (Lipinski definition) is 2. The van der Waals surface area contributed by atoms with Crippen LogP contribution in [-0.2, 0) is 16.6 Å². The molecule has 0 atom stereocenters. The predicted octanol–water partition coefficient (Wildman–Crippen LogP) is 1.76. The Morgan fingerprint density at radius 1 is 1.15 bits per heavy atom. The lowest BCUT2D eigenvalue weighted by atomic mass is 10.2. The molecule has 2 rings (SSSR count). The van der Waals surface area contributed by atoms with Crippen LogP contribution in [0.1, 0.15) is 5.56 Å². The van der Waals surface area contributed by atoms with E-state index in [1.54, 1.807) is 36.4 Å². The zero-order valence-corrected chi connectivity index (χ0v) is 11.9. The molecule has 5 nitrogen and oxygen atoms in total. The molecule has 0 aromatic heterocycles. The first kappa shape index (κ1) is 14.4. The fraction of sp³-hybridized carbons (Fsp3) is 0.143. The SMILES string of the molecule is COc1cccc(S(=O)(=O)NCc2ccc(N)cc2)c1. The minimum absolute atomic E-state index is 0.173. The van der Waals surface area contributed by atoms with E-state index in [0.29, 0.717) is 11.4 Å². The van der Waals surface area contributed by atoms with Gasteiger partial charge in [0.15, 0.2) is 0 Å². The summed E-state index contributed by atoms with van der Waals surface area (Å²) in [5.74, 6) is 0.500. The van der Waals surface area contributed by atoms with Crippen molar-refractivity contribution in [3.05, 3.63) is 54.1 Å². The van der Waals surface area contributed by atoms with Gasteiger partial charge < -0.3 is 10.5 Å². The molecule has 20 heavy (non-hydrogen) atoms. The van der Waals surface area contributed by atoms with Crippen molar-refractivity contribution in [1.82, 2.24) is 4.72 Å². The molecule has 0 saturated heterocycles. The third kappa shape index (κ3) is 3.49. The van der Waals surface area contributed by atoms with E-state index in [9.17, 15) is 8.42 Å². The lowest BCUT2D eigenvalue weighted by Crippen LogP contribution is -2.23. The van der Waals surface area contributed by atoms with Gasteiger partial charge in [0.1, 0.15) is 5.75 Å². The second-order valence-corrected chi connectivity index (χ2v) is 6.01. The fourth-order valence-corrected chi connectivity index (χ4v) is 2.72. The Morgan fingerprint density at radius 2 is 1.85 bits per heavy atom. The van der Waals surface area contributed by atoms with Gasteiger partial charge in [0.2, 0.25) is 10.0 Å². The van der Waals surface area contributed by atoms with Crippen molar-refractivity contribution in [3.63, 3.8) is 0 Å².